The lowest BCUT2D eigenvalue weighted by Crippen LogP contribution is -2.37. The van der Waals surface area contributed by atoms with Crippen LogP contribution < -0.4 is 16.2 Å². The molecule has 1 atom stereocenters. The molecule has 2 N–H and O–H groups in total. The number of aromatic nitrogens is 3. The van der Waals surface area contributed by atoms with Gasteiger partial charge in [0.2, 0.25) is 0 Å². The highest BCUT2D eigenvalue weighted by Crippen LogP contribution is 2.13. The van der Waals surface area contributed by atoms with Crippen LogP contribution in [0.2, 0.25) is 0 Å². The first-order valence-corrected chi connectivity index (χ1v) is 9.34. The third-order valence-electron chi connectivity index (χ3n) is 4.42. The Balaban J connectivity index is 0.00000243. The van der Waals surface area contributed by atoms with Gasteiger partial charge in [0.25, 0.3) is 11.5 Å². The number of piperidine rings is 1. The summed E-state index contributed by atoms with van der Waals surface area (Å²) in [4.78, 5) is 25.3. The fourth-order valence-electron chi connectivity index (χ4n) is 3.10. The summed E-state index contributed by atoms with van der Waals surface area (Å²) in [5.41, 5.74) is 0.679. The van der Waals surface area contributed by atoms with Gasteiger partial charge in [-0.05, 0) is 57.3 Å². The van der Waals surface area contributed by atoms with E-state index in [9.17, 15) is 9.59 Å². The van der Waals surface area contributed by atoms with Crippen LogP contribution in [0.5, 0.6) is 0 Å². The molecule has 7 nitrogen and oxygen atoms in total. The molecule has 1 aliphatic rings. The van der Waals surface area contributed by atoms with E-state index in [1.165, 1.54) is 11.3 Å². The Morgan fingerprint density at radius 1 is 1.42 bits per heavy atom. The molecule has 26 heavy (non-hydrogen) atoms. The van der Waals surface area contributed by atoms with Gasteiger partial charge in [0.05, 0.1) is 6.54 Å². The maximum Gasteiger partial charge on any atom is 0.263 e. The van der Waals surface area contributed by atoms with Crippen molar-refractivity contribution < 1.29 is 4.79 Å². The van der Waals surface area contributed by atoms with Crippen molar-refractivity contribution in [1.82, 2.24) is 25.4 Å². The van der Waals surface area contributed by atoms with Crippen LogP contribution in [0.4, 0.5) is 0 Å². The average Bonchev–Trinajstić information content (AvgIpc) is 3.02. The Kier molecular flexibility index (Phi) is 7.31. The van der Waals surface area contributed by atoms with Gasteiger partial charge in [-0.15, -0.1) is 22.6 Å². The normalized spacial score (nSPS) is 16.8. The van der Waals surface area contributed by atoms with Crippen molar-refractivity contribution in [2.45, 2.75) is 39.8 Å². The number of aryl methyl sites for hydroxylation is 2. The predicted octanol–water partition coefficient (Wildman–Crippen LogP) is 1.67. The molecule has 0 aromatic carbocycles. The number of nitrogens with one attached hydrogen (secondary N) is 2. The number of carbonyl (C=O) groups is 1. The van der Waals surface area contributed by atoms with Crippen molar-refractivity contribution in [3.63, 3.8) is 0 Å². The second kappa shape index (κ2) is 9.25. The van der Waals surface area contributed by atoms with Crippen LogP contribution in [0.3, 0.4) is 0 Å². The van der Waals surface area contributed by atoms with Crippen molar-refractivity contribution in [2.24, 2.45) is 5.92 Å². The minimum Gasteiger partial charge on any atom is -0.345 e. The van der Waals surface area contributed by atoms with Crippen molar-refractivity contribution in [3.8, 4) is 0 Å². The molecule has 1 fully saturated rings. The highest BCUT2D eigenvalue weighted by molar-refractivity contribution is 7.11. The van der Waals surface area contributed by atoms with E-state index >= 15 is 0 Å². The Labute approximate surface area is 162 Å². The molecule has 1 saturated heterocycles. The molecule has 3 rings (SSSR count). The third-order valence-corrected chi connectivity index (χ3v) is 5.26. The molecule has 2 aromatic rings. The lowest BCUT2D eigenvalue weighted by Gasteiger charge is -2.23. The topological polar surface area (TPSA) is 88.9 Å². The second-order valence-electron chi connectivity index (χ2n) is 6.44. The van der Waals surface area contributed by atoms with Gasteiger partial charge in [0.1, 0.15) is 15.6 Å². The smallest absolute Gasteiger partial charge is 0.263 e. The summed E-state index contributed by atoms with van der Waals surface area (Å²) in [6.07, 6.45) is 4.02. The molecule has 1 aliphatic heterocycles. The van der Waals surface area contributed by atoms with Crippen LogP contribution in [0, 0.1) is 19.8 Å². The van der Waals surface area contributed by atoms with Gasteiger partial charge in [-0.3, -0.25) is 9.59 Å². The lowest BCUT2D eigenvalue weighted by molar-refractivity contribution is 0.0948. The summed E-state index contributed by atoms with van der Waals surface area (Å²) < 4.78 is 1.66. The standard InChI is InChI=1S/C17H23N5O2S.ClH/c1-11-5-7-22(10-13-4-3-6-18-8-13)17(24)15(11)16(23)19-9-14-21-20-12(2)25-14;/h5,7,13,18H,3-4,6,8-10H2,1-2H3,(H,19,23);1H. The third kappa shape index (κ3) is 4.90. The highest BCUT2D eigenvalue weighted by Gasteiger charge is 2.19. The fraction of sp³-hybridized carbons (Fsp3) is 0.529. The second-order valence-corrected chi connectivity index (χ2v) is 7.71. The molecule has 142 valence electrons. The maximum absolute atomic E-state index is 12.8. The molecule has 2 aromatic heterocycles. The summed E-state index contributed by atoms with van der Waals surface area (Å²) in [6.45, 7) is 6.53. The number of nitrogens with zero attached hydrogens (tertiary/aromatic N) is 3. The van der Waals surface area contributed by atoms with Crippen LogP contribution >= 0.6 is 23.7 Å². The molecule has 0 bridgehead atoms. The Morgan fingerprint density at radius 3 is 2.88 bits per heavy atom. The predicted molar refractivity (Wildman–Crippen MR) is 104 cm³/mol. The number of hydrogen-bond acceptors (Lipinski definition) is 6. The molecule has 0 aliphatic carbocycles. The quantitative estimate of drug-likeness (QED) is 0.801. The van der Waals surface area contributed by atoms with E-state index < -0.39 is 0 Å². The van der Waals surface area contributed by atoms with E-state index in [0.717, 1.165) is 35.9 Å². The van der Waals surface area contributed by atoms with Crippen molar-refractivity contribution >= 4 is 29.7 Å². The highest BCUT2D eigenvalue weighted by atomic mass is 35.5. The van der Waals surface area contributed by atoms with Gasteiger partial charge in [0, 0.05) is 12.7 Å². The zero-order valence-corrected chi connectivity index (χ0v) is 16.6. The van der Waals surface area contributed by atoms with E-state index in [-0.39, 0.29) is 36.0 Å². The number of hydrogen-bond donors (Lipinski definition) is 2. The fourth-order valence-corrected chi connectivity index (χ4v) is 3.74. The minimum atomic E-state index is -0.355. The molecule has 0 radical (unpaired) electrons. The number of carbonyl (C=O) groups excluding carboxylic acids is 1. The van der Waals surface area contributed by atoms with Gasteiger partial charge >= 0.3 is 0 Å². The van der Waals surface area contributed by atoms with Gasteiger partial charge in [-0.1, -0.05) is 11.3 Å². The molecule has 1 amide bonds. The van der Waals surface area contributed by atoms with E-state index in [1.807, 2.05) is 13.0 Å². The Morgan fingerprint density at radius 2 is 2.23 bits per heavy atom. The van der Waals surface area contributed by atoms with E-state index in [0.29, 0.717) is 18.0 Å². The first kappa shape index (κ1) is 20.5. The minimum absolute atomic E-state index is 0. The first-order chi connectivity index (χ1) is 12.0. The van der Waals surface area contributed by atoms with Gasteiger partial charge < -0.3 is 15.2 Å². The number of rotatable bonds is 5. The summed E-state index contributed by atoms with van der Waals surface area (Å²) in [6, 6.07) is 1.83. The molecule has 0 saturated carbocycles. The largest absolute Gasteiger partial charge is 0.345 e. The van der Waals surface area contributed by atoms with E-state index in [2.05, 4.69) is 20.8 Å². The van der Waals surface area contributed by atoms with Crippen molar-refractivity contribution in [3.05, 3.63) is 43.8 Å². The van der Waals surface area contributed by atoms with Crippen molar-refractivity contribution in [2.75, 3.05) is 13.1 Å². The molecule has 3 heterocycles. The monoisotopic (exact) mass is 397 g/mol. The molecule has 9 heteroatoms. The maximum atomic E-state index is 12.8. The van der Waals surface area contributed by atoms with Gasteiger partial charge in [0.15, 0.2) is 0 Å². The van der Waals surface area contributed by atoms with Crippen molar-refractivity contribution in [1.29, 1.82) is 0 Å². The zero-order chi connectivity index (χ0) is 17.8. The number of pyridine rings is 1. The van der Waals surface area contributed by atoms with Crippen LogP contribution in [0.25, 0.3) is 0 Å². The first-order valence-electron chi connectivity index (χ1n) is 8.52. The van der Waals surface area contributed by atoms with E-state index in [1.54, 1.807) is 17.7 Å². The van der Waals surface area contributed by atoms with E-state index in [4.69, 9.17) is 0 Å². The summed E-state index contributed by atoms with van der Waals surface area (Å²) in [5.74, 6) is 0.0703. The summed E-state index contributed by atoms with van der Waals surface area (Å²) in [7, 11) is 0. The molecular weight excluding hydrogens is 374 g/mol. The Hall–Kier alpha value is -1.77. The number of halogens is 1. The molecule has 1 unspecified atom stereocenters. The van der Waals surface area contributed by atoms with Crippen LogP contribution in [-0.2, 0) is 13.1 Å². The molecule has 0 spiro atoms. The van der Waals surface area contributed by atoms with Crippen LogP contribution in [0.1, 0.15) is 38.8 Å². The van der Waals surface area contributed by atoms with Crippen LogP contribution in [-0.4, -0.2) is 33.8 Å². The summed E-state index contributed by atoms with van der Waals surface area (Å²) in [5, 5.41) is 15.6. The average molecular weight is 398 g/mol. The Bertz CT molecular complexity index is 814. The zero-order valence-electron chi connectivity index (χ0n) is 14.9. The number of amides is 1. The summed E-state index contributed by atoms with van der Waals surface area (Å²) >= 11 is 1.43. The van der Waals surface area contributed by atoms with Crippen LogP contribution in [0.15, 0.2) is 17.1 Å². The van der Waals surface area contributed by atoms with Gasteiger partial charge in [-0.2, -0.15) is 0 Å². The SMILES string of the molecule is Cc1nnc(CNC(=O)c2c(C)ccn(CC3CCCNC3)c2=O)s1.Cl. The lowest BCUT2D eigenvalue weighted by atomic mass is 9.99. The van der Waals surface area contributed by atoms with Gasteiger partial charge in [-0.25, -0.2) is 0 Å². The molecular formula is C17H24ClN5O2S.